The lowest BCUT2D eigenvalue weighted by Gasteiger charge is -2.02. The van der Waals surface area contributed by atoms with E-state index < -0.39 is 0 Å². The van der Waals surface area contributed by atoms with Gasteiger partial charge in [-0.3, -0.25) is 0 Å². The van der Waals surface area contributed by atoms with Crippen LogP contribution in [0.25, 0.3) is 32.7 Å². The zero-order chi connectivity index (χ0) is 12.1. The van der Waals surface area contributed by atoms with Crippen LogP contribution in [0.4, 0.5) is 0 Å². The van der Waals surface area contributed by atoms with Crippen molar-refractivity contribution >= 4 is 32.7 Å². The van der Waals surface area contributed by atoms with E-state index in [0.717, 1.165) is 31.9 Å². The van der Waals surface area contributed by atoms with Gasteiger partial charge < -0.3 is 10.2 Å². The summed E-state index contributed by atoms with van der Waals surface area (Å²) < 4.78 is 0.924. The third kappa shape index (κ3) is 1.10. The second-order valence-electron chi connectivity index (χ2n) is 4.43. The van der Waals surface area contributed by atoms with Crippen LogP contribution < -0.4 is 4.73 Å². The predicted molar refractivity (Wildman–Crippen MR) is 72.3 cm³/mol. The SMILES string of the molecule is [O-][n+]1cc2[nH]c3ccccc3c2c2ccccc21. The normalized spacial score (nSPS) is 11.6. The van der Waals surface area contributed by atoms with Crippen LogP contribution in [0.15, 0.2) is 54.7 Å². The molecule has 4 aromatic rings. The van der Waals surface area contributed by atoms with Crippen LogP contribution in [0, 0.1) is 5.21 Å². The predicted octanol–water partition coefficient (Wildman–Crippen LogP) is 3.11. The quantitative estimate of drug-likeness (QED) is 0.368. The molecule has 18 heavy (non-hydrogen) atoms. The molecule has 0 saturated carbocycles. The fourth-order valence-electron chi connectivity index (χ4n) is 2.61. The lowest BCUT2D eigenvalue weighted by molar-refractivity contribution is -0.575. The lowest BCUT2D eigenvalue weighted by Crippen LogP contribution is -2.26. The Morgan fingerprint density at radius 1 is 0.833 bits per heavy atom. The molecule has 1 N–H and O–H groups in total. The van der Waals surface area contributed by atoms with Crippen molar-refractivity contribution in [3.8, 4) is 0 Å². The highest BCUT2D eigenvalue weighted by Crippen LogP contribution is 2.29. The smallest absolute Gasteiger partial charge is 0.224 e. The third-order valence-corrected chi connectivity index (χ3v) is 3.39. The Morgan fingerprint density at radius 2 is 1.56 bits per heavy atom. The highest BCUT2D eigenvalue weighted by Gasteiger charge is 2.13. The largest absolute Gasteiger partial charge is 0.618 e. The summed E-state index contributed by atoms with van der Waals surface area (Å²) in [6.07, 6.45) is 1.61. The summed E-state index contributed by atoms with van der Waals surface area (Å²) in [4.78, 5) is 3.29. The van der Waals surface area contributed by atoms with Crippen molar-refractivity contribution in [1.82, 2.24) is 4.98 Å². The summed E-state index contributed by atoms with van der Waals surface area (Å²) in [6.45, 7) is 0. The monoisotopic (exact) mass is 234 g/mol. The zero-order valence-corrected chi connectivity index (χ0v) is 9.55. The molecule has 3 nitrogen and oxygen atoms in total. The average Bonchev–Trinajstić information content (AvgIpc) is 2.77. The second-order valence-corrected chi connectivity index (χ2v) is 4.43. The highest BCUT2D eigenvalue weighted by atomic mass is 16.5. The number of pyridine rings is 1. The van der Waals surface area contributed by atoms with E-state index in [1.54, 1.807) is 6.20 Å². The van der Waals surface area contributed by atoms with E-state index in [0.29, 0.717) is 5.52 Å². The molecule has 86 valence electrons. The molecule has 0 bridgehead atoms. The molecule has 0 fully saturated rings. The minimum absolute atomic E-state index is 0.703. The molecule has 0 spiro atoms. The number of para-hydroxylation sites is 2. The van der Waals surface area contributed by atoms with E-state index in [9.17, 15) is 5.21 Å². The first-order valence-electron chi connectivity index (χ1n) is 5.86. The molecule has 3 heteroatoms. The number of aromatic nitrogens is 2. The Labute approximate surface area is 103 Å². The van der Waals surface area contributed by atoms with Crippen LogP contribution >= 0.6 is 0 Å². The molecule has 2 heterocycles. The highest BCUT2D eigenvalue weighted by molar-refractivity contribution is 6.18. The maximum atomic E-state index is 12.0. The Morgan fingerprint density at radius 3 is 2.44 bits per heavy atom. The van der Waals surface area contributed by atoms with E-state index in [1.165, 1.54) is 0 Å². The molecule has 0 aliphatic rings. The number of nitrogens with zero attached hydrogens (tertiary/aromatic N) is 1. The van der Waals surface area contributed by atoms with Gasteiger partial charge in [-0.25, -0.2) is 0 Å². The van der Waals surface area contributed by atoms with E-state index >= 15 is 0 Å². The van der Waals surface area contributed by atoms with Crippen molar-refractivity contribution < 1.29 is 4.73 Å². The summed E-state index contributed by atoms with van der Waals surface area (Å²) in [7, 11) is 0. The minimum atomic E-state index is 0.703. The molecule has 0 atom stereocenters. The fourth-order valence-corrected chi connectivity index (χ4v) is 2.61. The molecule has 0 unspecified atom stereocenters. The summed E-state index contributed by atoms with van der Waals surface area (Å²) in [6, 6.07) is 15.8. The molecule has 0 saturated heterocycles. The summed E-state index contributed by atoms with van der Waals surface area (Å²) in [5.74, 6) is 0. The zero-order valence-electron chi connectivity index (χ0n) is 9.55. The van der Waals surface area contributed by atoms with Crippen molar-refractivity contribution in [3.05, 3.63) is 59.9 Å². The van der Waals surface area contributed by atoms with E-state index in [-0.39, 0.29) is 0 Å². The van der Waals surface area contributed by atoms with Gasteiger partial charge in [0.05, 0.1) is 5.39 Å². The number of H-pyrrole nitrogens is 1. The number of benzene rings is 2. The van der Waals surface area contributed by atoms with Gasteiger partial charge >= 0.3 is 0 Å². The number of nitrogens with one attached hydrogen (secondary N) is 1. The van der Waals surface area contributed by atoms with E-state index in [2.05, 4.69) is 11.1 Å². The van der Waals surface area contributed by atoms with Crippen molar-refractivity contribution in [1.29, 1.82) is 0 Å². The molecule has 0 amide bonds. The number of hydrogen-bond acceptors (Lipinski definition) is 1. The van der Waals surface area contributed by atoms with Crippen LogP contribution in [-0.2, 0) is 0 Å². The lowest BCUT2D eigenvalue weighted by atomic mass is 10.1. The van der Waals surface area contributed by atoms with Gasteiger partial charge in [-0.05, 0) is 12.1 Å². The number of rotatable bonds is 0. The van der Waals surface area contributed by atoms with Crippen LogP contribution in [0.1, 0.15) is 0 Å². The maximum Gasteiger partial charge on any atom is 0.224 e. The van der Waals surface area contributed by atoms with Crippen molar-refractivity contribution in [2.24, 2.45) is 0 Å². The molecular weight excluding hydrogens is 224 g/mol. The van der Waals surface area contributed by atoms with Gasteiger partial charge in [-0.1, -0.05) is 30.3 Å². The number of aromatic amines is 1. The number of fused-ring (bicyclic) bond motifs is 5. The molecule has 4 rings (SSSR count). The fraction of sp³-hybridized carbons (Fsp3) is 0. The van der Waals surface area contributed by atoms with Crippen LogP contribution in [-0.4, -0.2) is 4.98 Å². The first kappa shape index (κ1) is 9.48. The molecular formula is C15H10N2O. The van der Waals surface area contributed by atoms with Gasteiger partial charge in [0, 0.05) is 22.4 Å². The minimum Gasteiger partial charge on any atom is -0.618 e. The first-order chi connectivity index (χ1) is 8.84. The van der Waals surface area contributed by atoms with Gasteiger partial charge in [-0.2, -0.15) is 4.73 Å². The van der Waals surface area contributed by atoms with Crippen LogP contribution in [0.3, 0.4) is 0 Å². The molecule has 0 aliphatic heterocycles. The Bertz CT molecular complexity index is 893. The molecule has 2 aromatic carbocycles. The van der Waals surface area contributed by atoms with Crippen LogP contribution in [0.5, 0.6) is 0 Å². The Kier molecular flexibility index (Phi) is 1.70. The van der Waals surface area contributed by atoms with Crippen molar-refractivity contribution in [3.63, 3.8) is 0 Å². The average molecular weight is 234 g/mol. The van der Waals surface area contributed by atoms with Crippen molar-refractivity contribution in [2.45, 2.75) is 0 Å². The molecule has 0 aliphatic carbocycles. The summed E-state index contributed by atoms with van der Waals surface area (Å²) in [5.41, 5.74) is 2.64. The van der Waals surface area contributed by atoms with Gasteiger partial charge in [0.25, 0.3) is 0 Å². The van der Waals surface area contributed by atoms with Gasteiger partial charge in [0.2, 0.25) is 11.7 Å². The maximum absolute atomic E-state index is 12.0. The standard InChI is InChI=1S/C15H10N2O/c18-17-9-13-15(11-6-2-4-8-14(11)17)10-5-1-3-7-12(10)16-13/h1-9,16H. The molecule has 0 radical (unpaired) electrons. The third-order valence-electron chi connectivity index (χ3n) is 3.39. The van der Waals surface area contributed by atoms with E-state index in [4.69, 9.17) is 0 Å². The number of hydrogen-bond donors (Lipinski definition) is 1. The molecule has 2 aromatic heterocycles. The van der Waals surface area contributed by atoms with E-state index in [1.807, 2.05) is 42.5 Å². The Hall–Kier alpha value is -2.55. The summed E-state index contributed by atoms with van der Waals surface area (Å²) in [5, 5.41) is 15.2. The summed E-state index contributed by atoms with van der Waals surface area (Å²) >= 11 is 0. The van der Waals surface area contributed by atoms with Crippen LogP contribution in [0.2, 0.25) is 0 Å². The first-order valence-corrected chi connectivity index (χ1v) is 5.86. The van der Waals surface area contributed by atoms with Crippen molar-refractivity contribution in [2.75, 3.05) is 0 Å². The Balaban J connectivity index is 2.39. The second kappa shape index (κ2) is 3.23. The van der Waals surface area contributed by atoms with Gasteiger partial charge in [-0.15, -0.1) is 0 Å². The topological polar surface area (TPSA) is 42.7 Å². The van der Waals surface area contributed by atoms with Gasteiger partial charge in [0.1, 0.15) is 5.52 Å². The van der Waals surface area contributed by atoms with Gasteiger partial charge in [0.15, 0.2) is 0 Å².